The van der Waals surface area contributed by atoms with Gasteiger partial charge in [0, 0.05) is 25.7 Å². The minimum absolute atomic E-state index is 0.0805. The maximum atomic E-state index is 14.1. The van der Waals surface area contributed by atoms with Gasteiger partial charge in [-0.05, 0) is 33.3 Å². The van der Waals surface area contributed by atoms with E-state index < -0.39 is 35.1 Å². The van der Waals surface area contributed by atoms with Crippen LogP contribution in [0.2, 0.25) is 0 Å². The highest BCUT2D eigenvalue weighted by Crippen LogP contribution is 2.57. The second-order valence-corrected chi connectivity index (χ2v) is 10.9. The molecule has 4 aliphatic rings. The summed E-state index contributed by atoms with van der Waals surface area (Å²) in [6.45, 7) is 8.38. The average Bonchev–Trinajstić information content (AvgIpc) is 3.13. The number of ether oxygens (including phenoxy) is 1. The van der Waals surface area contributed by atoms with Crippen molar-refractivity contribution in [1.29, 1.82) is 0 Å². The van der Waals surface area contributed by atoms with Gasteiger partial charge in [0.2, 0.25) is 17.7 Å². The number of nitrogens with zero attached hydrogens (tertiary/aromatic N) is 3. The van der Waals surface area contributed by atoms with E-state index in [1.54, 1.807) is 16.7 Å². The lowest BCUT2D eigenvalue weighted by Crippen LogP contribution is -2.59. The van der Waals surface area contributed by atoms with Crippen molar-refractivity contribution in [1.82, 2.24) is 14.7 Å². The summed E-state index contributed by atoms with van der Waals surface area (Å²) in [5.41, 5.74) is -1.34. The van der Waals surface area contributed by atoms with E-state index in [1.807, 2.05) is 75.4 Å². The van der Waals surface area contributed by atoms with E-state index in [-0.39, 0.29) is 30.4 Å². The van der Waals surface area contributed by atoms with E-state index in [2.05, 4.69) is 0 Å². The third-order valence-electron chi connectivity index (χ3n) is 8.19. The molecule has 6 atom stereocenters. The van der Waals surface area contributed by atoms with Gasteiger partial charge in [0.1, 0.15) is 11.6 Å². The molecule has 0 aromatic heterocycles. The summed E-state index contributed by atoms with van der Waals surface area (Å²) in [5, 5.41) is 10.0. The van der Waals surface area contributed by atoms with Crippen molar-refractivity contribution in [2.75, 3.05) is 19.7 Å². The SMILES string of the molecule is CC(C)N1CC=C[C@]23O[C@]4(C)C=CCN(Cc5ccccc5)C(=O)[C@@H]4[C@H]2C(=O)N([C@H](C)CO)C3C1=O. The first-order chi connectivity index (χ1) is 17.1. The standard InChI is InChI=1S/C28H35N3O5/c1-18(2)30-15-9-13-28-22(25(34)31(19(3)17-32)23(28)26(30)35)21-24(33)29(14-8-12-27(21,4)36-28)16-20-10-6-5-7-11-20/h5-13,18-19,21-23,32H,14-17H2,1-4H3/t19-,21+,22+,23?,27-,28+/m1/s1. The van der Waals surface area contributed by atoms with E-state index >= 15 is 0 Å². The Labute approximate surface area is 212 Å². The lowest BCUT2D eigenvalue weighted by atomic mass is 9.74. The zero-order chi connectivity index (χ0) is 25.8. The molecule has 4 aliphatic heterocycles. The zero-order valence-corrected chi connectivity index (χ0v) is 21.3. The summed E-state index contributed by atoms with van der Waals surface area (Å²) in [5.74, 6) is -2.37. The average molecular weight is 494 g/mol. The molecule has 1 spiro atoms. The van der Waals surface area contributed by atoms with Gasteiger partial charge in [-0.1, -0.05) is 54.6 Å². The molecule has 5 rings (SSSR count). The van der Waals surface area contributed by atoms with Gasteiger partial charge in [-0.25, -0.2) is 0 Å². The molecule has 0 radical (unpaired) electrons. The lowest BCUT2D eigenvalue weighted by Gasteiger charge is -2.40. The van der Waals surface area contributed by atoms with Crippen LogP contribution in [0.5, 0.6) is 0 Å². The highest BCUT2D eigenvalue weighted by Gasteiger charge is 2.75. The summed E-state index contributed by atoms with van der Waals surface area (Å²) < 4.78 is 6.78. The Balaban J connectivity index is 1.61. The lowest BCUT2D eigenvalue weighted by molar-refractivity contribution is -0.156. The molecule has 1 unspecified atom stereocenters. The Morgan fingerprint density at radius 1 is 0.972 bits per heavy atom. The van der Waals surface area contributed by atoms with E-state index in [9.17, 15) is 19.5 Å². The molecule has 192 valence electrons. The number of hydrogen-bond donors (Lipinski definition) is 1. The predicted molar refractivity (Wildman–Crippen MR) is 133 cm³/mol. The minimum atomic E-state index is -1.30. The molecule has 8 nitrogen and oxygen atoms in total. The van der Waals surface area contributed by atoms with Gasteiger partial charge in [0.25, 0.3) is 0 Å². The molecule has 4 heterocycles. The smallest absolute Gasteiger partial charge is 0.249 e. The Morgan fingerprint density at radius 3 is 2.33 bits per heavy atom. The number of likely N-dealkylation sites (tertiary alicyclic amines) is 1. The van der Waals surface area contributed by atoms with E-state index in [0.29, 0.717) is 19.6 Å². The van der Waals surface area contributed by atoms with Crippen molar-refractivity contribution in [2.45, 2.75) is 63.6 Å². The Hall–Kier alpha value is -2.97. The van der Waals surface area contributed by atoms with Crippen LogP contribution < -0.4 is 0 Å². The zero-order valence-electron chi connectivity index (χ0n) is 21.3. The number of carbonyl (C=O) groups excluding carboxylic acids is 3. The fourth-order valence-corrected chi connectivity index (χ4v) is 6.50. The third kappa shape index (κ3) is 3.53. The van der Waals surface area contributed by atoms with Crippen molar-refractivity contribution >= 4 is 17.7 Å². The van der Waals surface area contributed by atoms with Crippen LogP contribution in [0.25, 0.3) is 0 Å². The van der Waals surface area contributed by atoms with Crippen molar-refractivity contribution < 1.29 is 24.2 Å². The largest absolute Gasteiger partial charge is 0.394 e. The number of aliphatic hydroxyl groups excluding tert-OH is 1. The normalized spacial score (nSPS) is 34.6. The van der Waals surface area contributed by atoms with E-state index in [0.717, 1.165) is 5.56 Å². The molecule has 1 aromatic rings. The van der Waals surface area contributed by atoms with Crippen LogP contribution >= 0.6 is 0 Å². The fourth-order valence-electron chi connectivity index (χ4n) is 6.50. The van der Waals surface area contributed by atoms with Crippen LogP contribution in [0.3, 0.4) is 0 Å². The number of fused-ring (bicyclic) bond motifs is 2. The maximum absolute atomic E-state index is 14.1. The highest BCUT2D eigenvalue weighted by atomic mass is 16.5. The Bertz CT molecular complexity index is 1120. The first kappa shape index (κ1) is 24.7. The number of carbonyl (C=O) groups is 3. The third-order valence-corrected chi connectivity index (χ3v) is 8.19. The summed E-state index contributed by atoms with van der Waals surface area (Å²) in [6, 6.07) is 8.13. The number of hydrogen-bond acceptors (Lipinski definition) is 5. The number of benzene rings is 1. The molecule has 8 heteroatoms. The summed E-state index contributed by atoms with van der Waals surface area (Å²) in [6.07, 6.45) is 7.54. The maximum Gasteiger partial charge on any atom is 0.249 e. The molecular formula is C28H35N3O5. The quantitative estimate of drug-likeness (QED) is 0.631. The van der Waals surface area contributed by atoms with Crippen molar-refractivity contribution in [3.05, 3.63) is 60.2 Å². The molecule has 0 aliphatic carbocycles. The van der Waals surface area contributed by atoms with Crippen LogP contribution in [-0.2, 0) is 25.7 Å². The van der Waals surface area contributed by atoms with Gasteiger partial charge in [-0.15, -0.1) is 0 Å². The Morgan fingerprint density at radius 2 is 1.67 bits per heavy atom. The van der Waals surface area contributed by atoms with Crippen LogP contribution in [0, 0.1) is 11.8 Å². The first-order valence-electron chi connectivity index (χ1n) is 12.8. The number of rotatable bonds is 5. The van der Waals surface area contributed by atoms with Crippen molar-refractivity contribution in [2.24, 2.45) is 11.8 Å². The molecule has 1 aromatic carbocycles. The van der Waals surface area contributed by atoms with Crippen molar-refractivity contribution in [3.63, 3.8) is 0 Å². The Kier molecular flexibility index (Phi) is 6.08. The van der Waals surface area contributed by atoms with E-state index in [1.165, 1.54) is 4.90 Å². The van der Waals surface area contributed by atoms with E-state index in [4.69, 9.17) is 4.74 Å². The summed E-state index contributed by atoms with van der Waals surface area (Å²) in [4.78, 5) is 47.2. The number of aliphatic hydroxyl groups is 1. The molecule has 0 bridgehead atoms. The van der Waals surface area contributed by atoms with Gasteiger partial charge in [0.15, 0.2) is 0 Å². The van der Waals surface area contributed by atoms with Gasteiger partial charge >= 0.3 is 0 Å². The van der Waals surface area contributed by atoms with Gasteiger partial charge in [-0.3, -0.25) is 14.4 Å². The molecule has 0 saturated carbocycles. The van der Waals surface area contributed by atoms with Gasteiger partial charge < -0.3 is 24.5 Å². The number of amides is 3. The fraction of sp³-hybridized carbons (Fsp3) is 0.536. The van der Waals surface area contributed by atoms with Crippen LogP contribution in [0.4, 0.5) is 0 Å². The first-order valence-corrected chi connectivity index (χ1v) is 12.8. The van der Waals surface area contributed by atoms with Gasteiger partial charge in [-0.2, -0.15) is 0 Å². The second-order valence-electron chi connectivity index (χ2n) is 10.9. The summed E-state index contributed by atoms with van der Waals surface area (Å²) >= 11 is 0. The van der Waals surface area contributed by atoms with Crippen LogP contribution in [0.15, 0.2) is 54.6 Å². The molecule has 3 amide bonds. The molecule has 1 N–H and O–H groups in total. The predicted octanol–water partition coefficient (Wildman–Crippen LogP) is 1.74. The van der Waals surface area contributed by atoms with Gasteiger partial charge in [0.05, 0.1) is 30.1 Å². The van der Waals surface area contributed by atoms with Crippen LogP contribution in [-0.4, -0.2) is 86.6 Å². The molecule has 2 fully saturated rings. The van der Waals surface area contributed by atoms with Crippen molar-refractivity contribution in [3.8, 4) is 0 Å². The summed E-state index contributed by atoms with van der Waals surface area (Å²) in [7, 11) is 0. The highest BCUT2D eigenvalue weighted by molar-refractivity contribution is 6.00. The topological polar surface area (TPSA) is 90.4 Å². The monoisotopic (exact) mass is 493 g/mol. The van der Waals surface area contributed by atoms with Crippen LogP contribution in [0.1, 0.15) is 33.3 Å². The molecule has 36 heavy (non-hydrogen) atoms. The molecule has 2 saturated heterocycles. The minimum Gasteiger partial charge on any atom is -0.394 e. The second kappa shape index (κ2) is 8.85. The molecular weight excluding hydrogens is 458 g/mol.